The summed E-state index contributed by atoms with van der Waals surface area (Å²) in [5.41, 5.74) is 2.33. The molecule has 0 spiro atoms. The molecule has 0 aliphatic carbocycles. The van der Waals surface area contributed by atoms with Crippen LogP contribution >= 0.6 is 11.6 Å². The minimum absolute atomic E-state index is 0.176. The molecule has 0 radical (unpaired) electrons. The number of nitrogens with zero attached hydrogens (tertiary/aromatic N) is 1. The Bertz CT molecular complexity index is 889. The first-order chi connectivity index (χ1) is 11.6. The number of carbonyl (C=O) groups is 1. The predicted octanol–water partition coefficient (Wildman–Crippen LogP) is 4.56. The standard InChI is InChI=1S/C18H15ClN2O3/c1-11-13(19)7-5-8-14(11)20-18(22)15-10-17(24-21-15)12-6-3-4-9-16(12)23-2/h3-10H,1-2H3,(H,20,22). The van der Waals surface area contributed by atoms with Crippen LogP contribution in [0.15, 0.2) is 53.1 Å². The molecule has 0 fully saturated rings. The van der Waals surface area contributed by atoms with Gasteiger partial charge in [0.25, 0.3) is 5.91 Å². The fraction of sp³-hybridized carbons (Fsp3) is 0.111. The maximum atomic E-state index is 12.4. The van der Waals surface area contributed by atoms with E-state index in [2.05, 4.69) is 10.5 Å². The highest BCUT2D eigenvalue weighted by atomic mass is 35.5. The number of hydrogen-bond acceptors (Lipinski definition) is 4. The number of nitrogens with one attached hydrogen (secondary N) is 1. The molecule has 0 aliphatic rings. The van der Waals surface area contributed by atoms with Crippen molar-refractivity contribution in [2.45, 2.75) is 6.92 Å². The highest BCUT2D eigenvalue weighted by Crippen LogP contribution is 2.30. The van der Waals surface area contributed by atoms with Crippen molar-refractivity contribution in [3.63, 3.8) is 0 Å². The van der Waals surface area contributed by atoms with Crippen LogP contribution in [-0.2, 0) is 0 Å². The van der Waals surface area contributed by atoms with E-state index in [0.29, 0.717) is 22.2 Å². The van der Waals surface area contributed by atoms with Gasteiger partial charge in [0, 0.05) is 16.8 Å². The summed E-state index contributed by atoms with van der Waals surface area (Å²) in [7, 11) is 1.57. The van der Waals surface area contributed by atoms with Gasteiger partial charge in [0.1, 0.15) is 5.75 Å². The van der Waals surface area contributed by atoms with Crippen LogP contribution in [0.25, 0.3) is 11.3 Å². The number of anilines is 1. The molecule has 1 heterocycles. The smallest absolute Gasteiger partial charge is 0.277 e. The summed E-state index contributed by atoms with van der Waals surface area (Å²) in [6, 6.07) is 14.3. The third-order valence-electron chi connectivity index (χ3n) is 3.63. The second kappa shape index (κ2) is 6.76. The van der Waals surface area contributed by atoms with Gasteiger partial charge < -0.3 is 14.6 Å². The molecule has 1 aromatic heterocycles. The van der Waals surface area contributed by atoms with Crippen molar-refractivity contribution in [3.8, 4) is 17.1 Å². The van der Waals surface area contributed by atoms with Crippen molar-refractivity contribution in [1.82, 2.24) is 5.16 Å². The molecular weight excluding hydrogens is 328 g/mol. The molecule has 3 rings (SSSR count). The molecular formula is C18H15ClN2O3. The summed E-state index contributed by atoms with van der Waals surface area (Å²) in [6.07, 6.45) is 0. The van der Waals surface area contributed by atoms with Gasteiger partial charge in [0.05, 0.1) is 12.7 Å². The summed E-state index contributed by atoms with van der Waals surface area (Å²) < 4.78 is 10.6. The minimum atomic E-state index is -0.370. The van der Waals surface area contributed by atoms with E-state index in [1.807, 2.05) is 31.2 Å². The van der Waals surface area contributed by atoms with Gasteiger partial charge in [-0.05, 0) is 36.8 Å². The normalized spacial score (nSPS) is 10.5. The third kappa shape index (κ3) is 3.12. The van der Waals surface area contributed by atoms with Crippen LogP contribution in [0.5, 0.6) is 5.75 Å². The maximum absolute atomic E-state index is 12.4. The first-order valence-electron chi connectivity index (χ1n) is 7.26. The Hall–Kier alpha value is -2.79. The number of rotatable bonds is 4. The monoisotopic (exact) mass is 342 g/mol. The highest BCUT2D eigenvalue weighted by molar-refractivity contribution is 6.31. The van der Waals surface area contributed by atoms with Gasteiger partial charge in [-0.2, -0.15) is 0 Å². The second-order valence-corrected chi connectivity index (χ2v) is 5.55. The number of carbonyl (C=O) groups excluding carboxylic acids is 1. The van der Waals surface area contributed by atoms with E-state index >= 15 is 0 Å². The molecule has 24 heavy (non-hydrogen) atoms. The molecule has 0 aliphatic heterocycles. The zero-order valence-electron chi connectivity index (χ0n) is 13.2. The van der Waals surface area contributed by atoms with Gasteiger partial charge in [0.15, 0.2) is 11.5 Å². The highest BCUT2D eigenvalue weighted by Gasteiger charge is 2.17. The lowest BCUT2D eigenvalue weighted by Crippen LogP contribution is -2.13. The first-order valence-corrected chi connectivity index (χ1v) is 7.64. The average Bonchev–Trinajstić information content (AvgIpc) is 3.09. The SMILES string of the molecule is COc1ccccc1-c1cc(C(=O)Nc2cccc(Cl)c2C)no1. The topological polar surface area (TPSA) is 64.4 Å². The number of ether oxygens (including phenoxy) is 1. The van der Waals surface area contributed by atoms with Gasteiger partial charge in [-0.3, -0.25) is 4.79 Å². The third-order valence-corrected chi connectivity index (χ3v) is 4.04. The lowest BCUT2D eigenvalue weighted by Gasteiger charge is -2.07. The van der Waals surface area contributed by atoms with Crippen molar-refractivity contribution in [2.24, 2.45) is 0 Å². The molecule has 122 valence electrons. The van der Waals surface area contributed by atoms with Crippen molar-refractivity contribution in [2.75, 3.05) is 12.4 Å². The molecule has 0 bridgehead atoms. The number of benzene rings is 2. The van der Waals surface area contributed by atoms with E-state index in [1.165, 1.54) is 0 Å². The van der Waals surface area contributed by atoms with Crippen molar-refractivity contribution in [3.05, 3.63) is 64.8 Å². The Kier molecular flexibility index (Phi) is 4.53. The lowest BCUT2D eigenvalue weighted by atomic mass is 10.1. The molecule has 1 N–H and O–H groups in total. The summed E-state index contributed by atoms with van der Waals surface area (Å²) in [5, 5.41) is 7.21. The van der Waals surface area contributed by atoms with E-state index in [9.17, 15) is 4.79 Å². The van der Waals surface area contributed by atoms with E-state index in [1.54, 1.807) is 31.4 Å². The van der Waals surface area contributed by atoms with Crippen LogP contribution in [0.3, 0.4) is 0 Å². The fourth-order valence-corrected chi connectivity index (χ4v) is 2.46. The maximum Gasteiger partial charge on any atom is 0.277 e. The number of methoxy groups -OCH3 is 1. The Morgan fingerprint density at radius 2 is 2.00 bits per heavy atom. The zero-order chi connectivity index (χ0) is 17.1. The van der Waals surface area contributed by atoms with Crippen LogP contribution in [0.1, 0.15) is 16.1 Å². The number of hydrogen-bond donors (Lipinski definition) is 1. The molecule has 1 amide bonds. The quantitative estimate of drug-likeness (QED) is 0.754. The van der Waals surface area contributed by atoms with Gasteiger partial charge in [-0.1, -0.05) is 35.0 Å². The Morgan fingerprint density at radius 1 is 1.21 bits per heavy atom. The largest absolute Gasteiger partial charge is 0.496 e. The van der Waals surface area contributed by atoms with Crippen LogP contribution < -0.4 is 10.1 Å². The number of aromatic nitrogens is 1. The first kappa shape index (κ1) is 16.1. The molecule has 0 saturated heterocycles. The fourth-order valence-electron chi connectivity index (χ4n) is 2.29. The molecule has 2 aromatic carbocycles. The van der Waals surface area contributed by atoms with Crippen LogP contribution in [0, 0.1) is 6.92 Å². The van der Waals surface area contributed by atoms with Gasteiger partial charge >= 0.3 is 0 Å². The number of halogens is 1. The summed E-state index contributed by atoms with van der Waals surface area (Å²) >= 11 is 6.06. The minimum Gasteiger partial charge on any atom is -0.496 e. The van der Waals surface area contributed by atoms with Crippen LogP contribution in [0.4, 0.5) is 5.69 Å². The summed E-state index contributed by atoms with van der Waals surface area (Å²) in [4.78, 5) is 12.4. The molecule has 0 atom stereocenters. The molecule has 6 heteroatoms. The van der Waals surface area contributed by atoms with Gasteiger partial charge in [0.2, 0.25) is 0 Å². The Balaban J connectivity index is 1.85. The van der Waals surface area contributed by atoms with Crippen molar-refractivity contribution in [1.29, 1.82) is 0 Å². The predicted molar refractivity (Wildman–Crippen MR) is 92.6 cm³/mol. The Morgan fingerprint density at radius 3 is 2.79 bits per heavy atom. The number of para-hydroxylation sites is 1. The van der Waals surface area contributed by atoms with E-state index in [0.717, 1.165) is 11.1 Å². The molecule has 0 unspecified atom stereocenters. The van der Waals surface area contributed by atoms with Gasteiger partial charge in [-0.15, -0.1) is 0 Å². The van der Waals surface area contributed by atoms with Crippen LogP contribution in [-0.4, -0.2) is 18.2 Å². The van der Waals surface area contributed by atoms with Gasteiger partial charge in [-0.25, -0.2) is 0 Å². The summed E-state index contributed by atoms with van der Waals surface area (Å²) in [6.45, 7) is 1.83. The van der Waals surface area contributed by atoms with Crippen molar-refractivity contribution >= 4 is 23.2 Å². The summed E-state index contributed by atoms with van der Waals surface area (Å²) in [5.74, 6) is 0.733. The van der Waals surface area contributed by atoms with E-state index in [-0.39, 0.29) is 11.6 Å². The second-order valence-electron chi connectivity index (χ2n) is 5.14. The average molecular weight is 343 g/mol. The Labute approximate surface area is 144 Å². The van der Waals surface area contributed by atoms with Crippen molar-refractivity contribution < 1.29 is 14.1 Å². The van der Waals surface area contributed by atoms with E-state index < -0.39 is 0 Å². The van der Waals surface area contributed by atoms with E-state index in [4.69, 9.17) is 20.9 Å². The molecule has 0 saturated carbocycles. The molecule has 3 aromatic rings. The molecule has 5 nitrogen and oxygen atoms in total. The van der Waals surface area contributed by atoms with Crippen LogP contribution in [0.2, 0.25) is 5.02 Å². The lowest BCUT2D eigenvalue weighted by molar-refractivity contribution is 0.101. The number of amides is 1. The zero-order valence-corrected chi connectivity index (χ0v) is 13.9.